The first-order valence-corrected chi connectivity index (χ1v) is 14.2. The molecule has 2 aliphatic carbocycles. The van der Waals surface area contributed by atoms with Crippen LogP contribution in [-0.4, -0.2) is 8.07 Å². The minimum Gasteiger partial charge on any atom is -1.00 e. The Hall–Kier alpha value is -0.340. The summed E-state index contributed by atoms with van der Waals surface area (Å²) in [5.41, 5.74) is 11.3. The number of allylic oxidation sites excluding steroid dienone is 1. The van der Waals surface area contributed by atoms with Crippen LogP contribution in [0.5, 0.6) is 0 Å². The molecule has 1 atom stereocenters. The summed E-state index contributed by atoms with van der Waals surface area (Å²) < 4.78 is 0. The van der Waals surface area contributed by atoms with Gasteiger partial charge in [0, 0.05) is 5.54 Å². The number of benzene rings is 3. The standard InChI is InChI=1S/C28H30Si.4ClH.Zr/c1-4-5-11-22-18-20-12-7-9-15-24(20)28(22)29(2,3)27-17-10-16-25-23-14-8-6-13-21(23)19-26(25)27;;;;;/h6-10,12-18,28H,4-5,11,19H2,1-3H3;4*1H;/q;;;;;+4/p-4. The van der Waals surface area contributed by atoms with Gasteiger partial charge in [0.25, 0.3) is 0 Å². The van der Waals surface area contributed by atoms with Gasteiger partial charge in [-0.15, -0.1) is 0 Å². The van der Waals surface area contributed by atoms with Crippen molar-refractivity contribution in [1.82, 2.24) is 0 Å². The minimum atomic E-state index is -1.78. The molecule has 2 aliphatic rings. The van der Waals surface area contributed by atoms with Crippen LogP contribution in [0.3, 0.4) is 0 Å². The van der Waals surface area contributed by atoms with Crippen molar-refractivity contribution < 1.29 is 75.8 Å². The van der Waals surface area contributed by atoms with E-state index in [-0.39, 0.29) is 75.8 Å². The van der Waals surface area contributed by atoms with Gasteiger partial charge in [0.05, 0.1) is 8.07 Å². The molecule has 0 heterocycles. The second kappa shape index (κ2) is 13.8. The molecule has 5 rings (SSSR count). The number of hydrogen-bond acceptors (Lipinski definition) is 0. The van der Waals surface area contributed by atoms with Crippen molar-refractivity contribution in [3.8, 4) is 11.1 Å². The summed E-state index contributed by atoms with van der Waals surface area (Å²) in [6.07, 6.45) is 7.40. The average molecular weight is 628 g/mol. The van der Waals surface area contributed by atoms with Gasteiger partial charge in [-0.2, -0.15) is 0 Å². The van der Waals surface area contributed by atoms with Crippen molar-refractivity contribution in [2.24, 2.45) is 0 Å². The predicted molar refractivity (Wildman–Crippen MR) is 128 cm³/mol. The molecule has 1 unspecified atom stereocenters. The molecule has 34 heavy (non-hydrogen) atoms. The molecule has 0 saturated heterocycles. The van der Waals surface area contributed by atoms with E-state index in [1.807, 2.05) is 0 Å². The summed E-state index contributed by atoms with van der Waals surface area (Å²) >= 11 is 0. The molecule has 0 radical (unpaired) electrons. The fraction of sp³-hybridized carbons (Fsp3) is 0.286. The fourth-order valence-electron chi connectivity index (χ4n) is 5.75. The van der Waals surface area contributed by atoms with Gasteiger partial charge >= 0.3 is 26.2 Å². The molecule has 0 saturated carbocycles. The van der Waals surface area contributed by atoms with E-state index >= 15 is 0 Å². The van der Waals surface area contributed by atoms with Crippen LogP contribution in [0.15, 0.2) is 72.3 Å². The van der Waals surface area contributed by atoms with Crippen LogP contribution < -0.4 is 54.8 Å². The number of halogens is 4. The molecule has 0 aromatic heterocycles. The SMILES string of the molecule is CCCCC1=Cc2ccccc2C1[Si](C)(C)c1cccc2c1Cc1ccccc1-2.[Cl-].[Cl-].[Cl-].[Cl-].[Zr+4]. The third-order valence-corrected chi connectivity index (χ3v) is 11.1. The number of fused-ring (bicyclic) bond motifs is 4. The Morgan fingerprint density at radius 3 is 2.18 bits per heavy atom. The van der Waals surface area contributed by atoms with Crippen LogP contribution >= 0.6 is 0 Å². The van der Waals surface area contributed by atoms with Gasteiger partial charge in [-0.3, -0.25) is 0 Å². The van der Waals surface area contributed by atoms with E-state index in [1.54, 1.807) is 21.9 Å². The third-order valence-electron chi connectivity index (χ3n) is 7.10. The van der Waals surface area contributed by atoms with Gasteiger partial charge in [0.2, 0.25) is 0 Å². The summed E-state index contributed by atoms with van der Waals surface area (Å²) in [5, 5.41) is 1.66. The number of unbranched alkanes of at least 4 members (excludes halogenated alkanes) is 1. The zero-order valence-corrected chi connectivity index (χ0v) is 26.3. The van der Waals surface area contributed by atoms with Gasteiger partial charge in [-0.1, -0.05) is 110 Å². The van der Waals surface area contributed by atoms with Gasteiger partial charge < -0.3 is 49.6 Å². The van der Waals surface area contributed by atoms with Crippen molar-refractivity contribution >= 4 is 19.3 Å². The molecule has 0 spiro atoms. The third kappa shape index (κ3) is 5.80. The van der Waals surface area contributed by atoms with Crippen LogP contribution in [-0.2, 0) is 32.6 Å². The Kier molecular flexibility index (Phi) is 13.7. The van der Waals surface area contributed by atoms with E-state index in [4.69, 9.17) is 0 Å². The predicted octanol–water partition coefficient (Wildman–Crippen LogP) is -4.90. The van der Waals surface area contributed by atoms with Crippen molar-refractivity contribution in [2.75, 3.05) is 0 Å². The Labute approximate surface area is 250 Å². The molecule has 6 heteroatoms. The van der Waals surface area contributed by atoms with Crippen LogP contribution in [0.1, 0.15) is 54.0 Å². The Balaban J connectivity index is 0.00000218. The molecule has 3 aromatic rings. The van der Waals surface area contributed by atoms with Gasteiger partial charge in [-0.25, -0.2) is 0 Å². The van der Waals surface area contributed by atoms with Crippen molar-refractivity contribution in [2.45, 2.75) is 51.2 Å². The van der Waals surface area contributed by atoms with Crippen LogP contribution in [0.2, 0.25) is 13.1 Å². The van der Waals surface area contributed by atoms with E-state index in [2.05, 4.69) is 92.8 Å². The van der Waals surface area contributed by atoms with Crippen molar-refractivity contribution in [3.05, 3.63) is 94.6 Å². The average Bonchev–Trinajstić information content (AvgIpc) is 3.30. The Morgan fingerprint density at radius 1 is 0.794 bits per heavy atom. The Morgan fingerprint density at radius 2 is 1.44 bits per heavy atom. The van der Waals surface area contributed by atoms with Crippen LogP contribution in [0.4, 0.5) is 0 Å². The molecule has 0 bridgehead atoms. The normalized spacial score (nSPS) is 14.4. The van der Waals surface area contributed by atoms with E-state index in [0.29, 0.717) is 5.54 Å². The fourth-order valence-corrected chi connectivity index (χ4v) is 9.79. The monoisotopic (exact) mass is 624 g/mol. The van der Waals surface area contributed by atoms with Crippen LogP contribution in [0.25, 0.3) is 17.2 Å². The number of rotatable bonds is 5. The molecule has 0 amide bonds. The van der Waals surface area contributed by atoms with Gasteiger partial charge in [0.1, 0.15) is 0 Å². The molecular formula is C28H30Cl4SiZr. The maximum Gasteiger partial charge on any atom is 4.00 e. The van der Waals surface area contributed by atoms with Crippen molar-refractivity contribution in [1.29, 1.82) is 0 Å². The largest absolute Gasteiger partial charge is 4.00 e. The first-order valence-electron chi connectivity index (χ1n) is 11.1. The van der Waals surface area contributed by atoms with E-state index in [0.717, 1.165) is 6.42 Å². The zero-order valence-electron chi connectivity index (χ0n) is 19.8. The first kappa shape index (κ1) is 33.7. The molecule has 0 N–H and O–H groups in total. The van der Waals surface area contributed by atoms with E-state index < -0.39 is 8.07 Å². The number of hydrogen-bond donors (Lipinski definition) is 0. The molecule has 3 aromatic carbocycles. The smallest absolute Gasteiger partial charge is 1.00 e. The minimum absolute atomic E-state index is 0. The second-order valence-corrected chi connectivity index (χ2v) is 13.8. The van der Waals surface area contributed by atoms with Crippen LogP contribution in [0, 0.1) is 0 Å². The topological polar surface area (TPSA) is 0 Å². The summed E-state index contributed by atoms with van der Waals surface area (Å²) in [7, 11) is -1.78. The second-order valence-electron chi connectivity index (χ2n) is 9.27. The molecule has 0 aliphatic heterocycles. The summed E-state index contributed by atoms with van der Waals surface area (Å²) in [5.74, 6) is 0. The van der Waals surface area contributed by atoms with E-state index in [1.165, 1.54) is 41.5 Å². The van der Waals surface area contributed by atoms with Gasteiger partial charge in [-0.05, 0) is 52.6 Å². The van der Waals surface area contributed by atoms with Crippen molar-refractivity contribution in [3.63, 3.8) is 0 Å². The summed E-state index contributed by atoms with van der Waals surface area (Å²) in [6, 6.07) is 25.2. The van der Waals surface area contributed by atoms with E-state index in [9.17, 15) is 0 Å². The molecular weight excluding hydrogens is 597 g/mol. The molecule has 178 valence electrons. The first-order chi connectivity index (χ1) is 14.1. The quantitative estimate of drug-likeness (QED) is 0.195. The maximum atomic E-state index is 2.61. The molecule has 0 nitrogen and oxygen atoms in total. The zero-order chi connectivity index (χ0) is 20.0. The Bertz CT molecular complexity index is 1130. The van der Waals surface area contributed by atoms with Gasteiger partial charge in [0.15, 0.2) is 0 Å². The summed E-state index contributed by atoms with van der Waals surface area (Å²) in [4.78, 5) is 0. The maximum absolute atomic E-state index is 2.61. The molecule has 0 fully saturated rings. The summed E-state index contributed by atoms with van der Waals surface area (Å²) in [6.45, 7) is 7.53.